The van der Waals surface area contributed by atoms with E-state index in [9.17, 15) is 0 Å². The molecule has 0 atom stereocenters. The Morgan fingerprint density at radius 2 is 2.33 bits per heavy atom. The minimum absolute atomic E-state index is 0.545. The summed E-state index contributed by atoms with van der Waals surface area (Å²) in [7, 11) is 2.10. The first-order valence-electron chi connectivity index (χ1n) is 6.36. The Labute approximate surface area is 114 Å². The van der Waals surface area contributed by atoms with E-state index in [1.807, 2.05) is 0 Å². The van der Waals surface area contributed by atoms with E-state index in [1.54, 1.807) is 11.3 Å². The molecule has 102 valence electrons. The molecule has 4 nitrogen and oxygen atoms in total. The SMILES string of the molecule is CC(C)N(C)CCN=C(N)NCCc1cccs1. The van der Waals surface area contributed by atoms with Gasteiger partial charge in [0.15, 0.2) is 5.96 Å². The minimum atomic E-state index is 0.545. The fourth-order valence-electron chi connectivity index (χ4n) is 1.41. The highest BCUT2D eigenvalue weighted by Gasteiger charge is 2.01. The highest BCUT2D eigenvalue weighted by molar-refractivity contribution is 7.09. The molecule has 0 aliphatic rings. The van der Waals surface area contributed by atoms with Gasteiger partial charge in [0.25, 0.3) is 0 Å². The molecule has 0 spiro atoms. The van der Waals surface area contributed by atoms with Crippen LogP contribution in [0.2, 0.25) is 0 Å². The molecule has 18 heavy (non-hydrogen) atoms. The van der Waals surface area contributed by atoms with E-state index < -0.39 is 0 Å². The lowest BCUT2D eigenvalue weighted by atomic mass is 10.3. The number of nitrogens with zero attached hydrogens (tertiary/aromatic N) is 2. The van der Waals surface area contributed by atoms with Crippen LogP contribution in [0, 0.1) is 0 Å². The second-order valence-electron chi connectivity index (χ2n) is 4.60. The molecule has 1 heterocycles. The standard InChI is InChI=1S/C13H24N4S/c1-11(2)17(3)9-8-16-13(14)15-7-6-12-5-4-10-18-12/h4-5,10-11H,6-9H2,1-3H3,(H3,14,15,16). The van der Waals surface area contributed by atoms with Crippen molar-refractivity contribution in [1.29, 1.82) is 0 Å². The number of likely N-dealkylation sites (N-methyl/N-ethyl adjacent to an activating group) is 1. The van der Waals surface area contributed by atoms with E-state index in [-0.39, 0.29) is 0 Å². The van der Waals surface area contributed by atoms with E-state index >= 15 is 0 Å². The van der Waals surface area contributed by atoms with Crippen LogP contribution < -0.4 is 11.1 Å². The van der Waals surface area contributed by atoms with Gasteiger partial charge in [0.05, 0.1) is 6.54 Å². The van der Waals surface area contributed by atoms with Crippen molar-refractivity contribution in [2.45, 2.75) is 26.3 Å². The Bertz CT molecular complexity index is 346. The summed E-state index contributed by atoms with van der Waals surface area (Å²) in [5.74, 6) is 0.545. The first-order valence-corrected chi connectivity index (χ1v) is 7.24. The van der Waals surface area contributed by atoms with Gasteiger partial charge in [-0.25, -0.2) is 0 Å². The van der Waals surface area contributed by atoms with Crippen molar-refractivity contribution in [1.82, 2.24) is 10.2 Å². The molecule has 0 aliphatic heterocycles. The average Bonchev–Trinajstić information content (AvgIpc) is 2.81. The molecule has 5 heteroatoms. The lowest BCUT2D eigenvalue weighted by Gasteiger charge is -2.19. The maximum atomic E-state index is 5.80. The molecule has 0 amide bonds. The second-order valence-corrected chi connectivity index (χ2v) is 5.63. The smallest absolute Gasteiger partial charge is 0.188 e. The number of hydrogen-bond acceptors (Lipinski definition) is 3. The van der Waals surface area contributed by atoms with Crippen LogP contribution in [0.3, 0.4) is 0 Å². The molecule has 0 saturated heterocycles. The van der Waals surface area contributed by atoms with Gasteiger partial charge in [0, 0.05) is 24.0 Å². The topological polar surface area (TPSA) is 53.6 Å². The minimum Gasteiger partial charge on any atom is -0.370 e. The maximum absolute atomic E-state index is 5.80. The second kappa shape index (κ2) is 8.11. The van der Waals surface area contributed by atoms with Crippen molar-refractivity contribution in [3.05, 3.63) is 22.4 Å². The maximum Gasteiger partial charge on any atom is 0.188 e. The number of nitrogens with two attached hydrogens (primary N) is 1. The third-order valence-corrected chi connectivity index (χ3v) is 3.81. The molecule has 0 saturated carbocycles. The summed E-state index contributed by atoms with van der Waals surface area (Å²) in [5.41, 5.74) is 5.80. The fraction of sp³-hybridized carbons (Fsp3) is 0.615. The number of aliphatic imine (C=N–C) groups is 1. The van der Waals surface area contributed by atoms with E-state index in [2.05, 4.69) is 53.6 Å². The van der Waals surface area contributed by atoms with Crippen LogP contribution in [-0.2, 0) is 6.42 Å². The van der Waals surface area contributed by atoms with Crippen molar-refractivity contribution in [3.8, 4) is 0 Å². The molecule has 0 unspecified atom stereocenters. The number of rotatable bonds is 7. The summed E-state index contributed by atoms with van der Waals surface area (Å²) < 4.78 is 0. The number of thiophene rings is 1. The van der Waals surface area contributed by atoms with Gasteiger partial charge in [-0.3, -0.25) is 4.99 Å². The van der Waals surface area contributed by atoms with Crippen LogP contribution in [0.25, 0.3) is 0 Å². The van der Waals surface area contributed by atoms with Crippen molar-refractivity contribution < 1.29 is 0 Å². The zero-order valence-corrected chi connectivity index (χ0v) is 12.3. The fourth-order valence-corrected chi connectivity index (χ4v) is 2.12. The molecule has 0 aliphatic carbocycles. The van der Waals surface area contributed by atoms with Gasteiger partial charge in [0.1, 0.15) is 0 Å². The van der Waals surface area contributed by atoms with E-state index in [0.717, 1.165) is 26.1 Å². The van der Waals surface area contributed by atoms with Gasteiger partial charge < -0.3 is 16.0 Å². The van der Waals surface area contributed by atoms with Gasteiger partial charge >= 0.3 is 0 Å². The Hall–Kier alpha value is -1.07. The predicted molar refractivity (Wildman–Crippen MR) is 80.3 cm³/mol. The Morgan fingerprint density at radius 3 is 2.94 bits per heavy atom. The zero-order chi connectivity index (χ0) is 13.4. The van der Waals surface area contributed by atoms with Gasteiger partial charge in [-0.2, -0.15) is 0 Å². The molecule has 0 bridgehead atoms. The number of guanidine groups is 1. The third kappa shape index (κ3) is 6.02. The first-order chi connectivity index (χ1) is 8.59. The van der Waals surface area contributed by atoms with Gasteiger partial charge in [0.2, 0.25) is 0 Å². The number of nitrogens with one attached hydrogen (secondary N) is 1. The van der Waals surface area contributed by atoms with Gasteiger partial charge in [-0.15, -0.1) is 11.3 Å². The van der Waals surface area contributed by atoms with Gasteiger partial charge in [-0.1, -0.05) is 6.07 Å². The zero-order valence-electron chi connectivity index (χ0n) is 11.5. The quantitative estimate of drug-likeness (QED) is 0.582. The molecule has 1 aromatic rings. The summed E-state index contributed by atoms with van der Waals surface area (Å²) in [6, 6.07) is 4.75. The lowest BCUT2D eigenvalue weighted by Crippen LogP contribution is -2.34. The summed E-state index contributed by atoms with van der Waals surface area (Å²) >= 11 is 1.77. The normalized spacial score (nSPS) is 12.4. The van der Waals surface area contributed by atoms with E-state index in [0.29, 0.717) is 12.0 Å². The molecular weight excluding hydrogens is 244 g/mol. The number of hydrogen-bond donors (Lipinski definition) is 2. The van der Waals surface area contributed by atoms with Crippen molar-refractivity contribution in [2.24, 2.45) is 10.7 Å². The summed E-state index contributed by atoms with van der Waals surface area (Å²) in [4.78, 5) is 7.93. The Kier molecular flexibility index (Phi) is 6.75. The largest absolute Gasteiger partial charge is 0.370 e. The van der Waals surface area contributed by atoms with Crippen LogP contribution >= 0.6 is 11.3 Å². The molecule has 0 aromatic carbocycles. The van der Waals surface area contributed by atoms with Crippen molar-refractivity contribution >= 4 is 17.3 Å². The van der Waals surface area contributed by atoms with E-state index in [1.165, 1.54) is 4.88 Å². The Balaban J connectivity index is 2.14. The highest BCUT2D eigenvalue weighted by Crippen LogP contribution is 2.07. The van der Waals surface area contributed by atoms with Crippen LogP contribution in [0.5, 0.6) is 0 Å². The molecular formula is C13H24N4S. The highest BCUT2D eigenvalue weighted by atomic mass is 32.1. The molecule has 0 radical (unpaired) electrons. The van der Waals surface area contributed by atoms with Crippen molar-refractivity contribution in [2.75, 3.05) is 26.7 Å². The van der Waals surface area contributed by atoms with E-state index in [4.69, 9.17) is 5.73 Å². The molecule has 1 aromatic heterocycles. The average molecular weight is 268 g/mol. The molecule has 0 fully saturated rings. The first kappa shape index (κ1) is 15.0. The van der Waals surface area contributed by atoms with Gasteiger partial charge in [-0.05, 0) is 38.8 Å². The molecule has 1 rings (SSSR count). The monoisotopic (exact) mass is 268 g/mol. The van der Waals surface area contributed by atoms with Crippen molar-refractivity contribution in [3.63, 3.8) is 0 Å². The summed E-state index contributed by atoms with van der Waals surface area (Å²) in [6.45, 7) is 6.87. The molecule has 3 N–H and O–H groups in total. The predicted octanol–water partition coefficient (Wildman–Crippen LogP) is 1.54. The summed E-state index contributed by atoms with van der Waals surface area (Å²) in [5, 5.41) is 5.23. The van der Waals surface area contributed by atoms with Crippen LogP contribution in [0.4, 0.5) is 0 Å². The van der Waals surface area contributed by atoms with Crippen LogP contribution in [0.1, 0.15) is 18.7 Å². The Morgan fingerprint density at radius 1 is 1.56 bits per heavy atom. The summed E-state index contributed by atoms with van der Waals surface area (Å²) in [6.07, 6.45) is 1.000. The van der Waals surface area contributed by atoms with Crippen LogP contribution in [-0.4, -0.2) is 43.6 Å². The lowest BCUT2D eigenvalue weighted by molar-refractivity contribution is 0.282. The van der Waals surface area contributed by atoms with Crippen LogP contribution in [0.15, 0.2) is 22.5 Å². The third-order valence-electron chi connectivity index (χ3n) is 2.87.